The molecule has 11 rings (SSSR count). The first-order chi connectivity index (χ1) is 32.8. The molecule has 0 N–H and O–H groups in total. The summed E-state index contributed by atoms with van der Waals surface area (Å²) in [6.45, 7) is 8.49. The van der Waals surface area contributed by atoms with E-state index in [0.29, 0.717) is 5.82 Å². The summed E-state index contributed by atoms with van der Waals surface area (Å²) in [6.07, 6.45) is 0. The molecule has 0 spiro atoms. The normalized spacial score (nSPS) is 11.3. The number of anilines is 6. The minimum absolute atomic E-state index is 0.705. The number of nitrogens with zero attached hydrogens (tertiary/aromatic N) is 5. The van der Waals surface area contributed by atoms with Gasteiger partial charge in [0.25, 0.3) is 0 Å². The standard InChI is InChI=1S/C62H49N5/c1-42-15-23-46(24-16-42)58-41-59(64-62(63-58)48-25-17-43(2)18-26-48)47-27-33-53(34-28-47)67-60-37-35-54(65(49-11-7-5-8-12-49)50-13-9-6-10-14-50)39-56(60)57-40-55(36-38-61(57)67)66(51-29-19-44(3)20-30-51)52-31-21-45(4)22-32-52/h5-41H,1-4H3. The van der Waals surface area contributed by atoms with Gasteiger partial charge in [0.15, 0.2) is 5.82 Å². The van der Waals surface area contributed by atoms with Crippen LogP contribution < -0.4 is 9.80 Å². The molecule has 0 radical (unpaired) electrons. The fourth-order valence-electron chi connectivity index (χ4n) is 9.07. The molecule has 0 aliphatic carbocycles. The molecule has 9 aromatic carbocycles. The maximum atomic E-state index is 5.17. The molecular weight excluding hydrogens is 815 g/mol. The Hall–Kier alpha value is -8.54. The minimum atomic E-state index is 0.705. The third kappa shape index (κ3) is 8.13. The highest BCUT2D eigenvalue weighted by atomic mass is 15.1. The van der Waals surface area contributed by atoms with Gasteiger partial charge >= 0.3 is 0 Å². The predicted octanol–water partition coefficient (Wildman–Crippen LogP) is 16.7. The van der Waals surface area contributed by atoms with Gasteiger partial charge < -0.3 is 14.4 Å². The van der Waals surface area contributed by atoms with Crippen molar-refractivity contribution in [2.24, 2.45) is 0 Å². The van der Waals surface area contributed by atoms with E-state index in [9.17, 15) is 0 Å². The zero-order valence-corrected chi connectivity index (χ0v) is 38.1. The second-order valence-corrected chi connectivity index (χ2v) is 17.5. The zero-order chi connectivity index (χ0) is 45.4. The molecule has 0 aliphatic heterocycles. The maximum Gasteiger partial charge on any atom is 0.160 e. The minimum Gasteiger partial charge on any atom is -0.310 e. The lowest BCUT2D eigenvalue weighted by Gasteiger charge is -2.26. The van der Waals surface area contributed by atoms with Gasteiger partial charge in [-0.2, -0.15) is 0 Å². The van der Waals surface area contributed by atoms with Crippen LogP contribution in [0.25, 0.3) is 61.4 Å². The topological polar surface area (TPSA) is 37.2 Å². The summed E-state index contributed by atoms with van der Waals surface area (Å²) in [5.74, 6) is 0.705. The number of hydrogen-bond donors (Lipinski definition) is 0. The Bertz CT molecular complexity index is 3360. The Kier molecular flexibility index (Phi) is 10.7. The van der Waals surface area contributed by atoms with Crippen LogP contribution in [0.4, 0.5) is 34.1 Å². The van der Waals surface area contributed by atoms with Crippen LogP contribution in [0.1, 0.15) is 22.3 Å². The van der Waals surface area contributed by atoms with E-state index in [-0.39, 0.29) is 0 Å². The van der Waals surface area contributed by atoms with Gasteiger partial charge in [-0.1, -0.05) is 144 Å². The van der Waals surface area contributed by atoms with Crippen LogP contribution in [0.3, 0.4) is 0 Å². The Morgan fingerprint density at radius 1 is 0.313 bits per heavy atom. The molecule has 0 saturated carbocycles. The summed E-state index contributed by atoms with van der Waals surface area (Å²) < 4.78 is 2.40. The number of aryl methyl sites for hydroxylation is 4. The van der Waals surface area contributed by atoms with Gasteiger partial charge in [-0.15, -0.1) is 0 Å². The second-order valence-electron chi connectivity index (χ2n) is 17.5. The van der Waals surface area contributed by atoms with E-state index in [0.717, 1.165) is 89.7 Å². The summed E-state index contributed by atoms with van der Waals surface area (Å²) in [6, 6.07) is 80.6. The van der Waals surface area contributed by atoms with Gasteiger partial charge in [0.05, 0.1) is 22.4 Å². The average Bonchev–Trinajstić information content (AvgIpc) is 3.69. The van der Waals surface area contributed by atoms with Crippen LogP contribution in [0.5, 0.6) is 0 Å². The van der Waals surface area contributed by atoms with E-state index in [1.807, 2.05) is 0 Å². The first-order valence-electron chi connectivity index (χ1n) is 22.9. The van der Waals surface area contributed by atoms with Crippen molar-refractivity contribution in [3.8, 4) is 39.6 Å². The van der Waals surface area contributed by atoms with E-state index in [1.165, 1.54) is 22.3 Å². The predicted molar refractivity (Wildman–Crippen MR) is 281 cm³/mol. The lowest BCUT2D eigenvalue weighted by molar-refractivity contribution is 1.17. The molecule has 11 aromatic rings. The average molecular weight is 864 g/mol. The maximum absolute atomic E-state index is 5.17. The van der Waals surface area contributed by atoms with Crippen LogP contribution in [-0.2, 0) is 0 Å². The Balaban J connectivity index is 1.09. The van der Waals surface area contributed by atoms with E-state index >= 15 is 0 Å². The van der Waals surface area contributed by atoms with Crippen LogP contribution in [0.15, 0.2) is 224 Å². The zero-order valence-electron chi connectivity index (χ0n) is 38.1. The summed E-state index contributed by atoms with van der Waals surface area (Å²) in [5.41, 5.74) is 19.6. The van der Waals surface area contributed by atoms with Crippen LogP contribution in [0.2, 0.25) is 0 Å². The van der Waals surface area contributed by atoms with Crippen molar-refractivity contribution >= 4 is 55.9 Å². The summed E-state index contributed by atoms with van der Waals surface area (Å²) >= 11 is 0. The highest BCUT2D eigenvalue weighted by Crippen LogP contribution is 2.43. The van der Waals surface area contributed by atoms with Crippen molar-refractivity contribution in [2.45, 2.75) is 27.7 Å². The van der Waals surface area contributed by atoms with Gasteiger partial charge in [-0.25, -0.2) is 9.97 Å². The molecule has 0 atom stereocenters. The summed E-state index contributed by atoms with van der Waals surface area (Å²) in [5, 5.41) is 2.31. The molecular formula is C62H49N5. The third-order valence-corrected chi connectivity index (χ3v) is 12.7. The number of para-hydroxylation sites is 2. The second kappa shape index (κ2) is 17.4. The van der Waals surface area contributed by atoms with E-state index in [1.54, 1.807) is 0 Å². The first-order valence-corrected chi connectivity index (χ1v) is 22.9. The fraction of sp³-hybridized carbons (Fsp3) is 0.0645. The Morgan fingerprint density at radius 3 is 1.07 bits per heavy atom. The molecule has 5 heteroatoms. The molecule has 2 aromatic heterocycles. The molecule has 5 nitrogen and oxygen atoms in total. The largest absolute Gasteiger partial charge is 0.310 e. The van der Waals surface area contributed by atoms with E-state index in [4.69, 9.17) is 9.97 Å². The van der Waals surface area contributed by atoms with E-state index < -0.39 is 0 Å². The van der Waals surface area contributed by atoms with E-state index in [2.05, 4.69) is 267 Å². The summed E-state index contributed by atoms with van der Waals surface area (Å²) in [7, 11) is 0. The van der Waals surface area contributed by atoms with Gasteiger partial charge in [0.1, 0.15) is 0 Å². The SMILES string of the molecule is Cc1ccc(-c2cc(-c3ccc(-n4c5ccc(N(c6ccccc6)c6ccccc6)cc5c5cc(N(c6ccc(C)cc6)c6ccc(C)cc6)ccc54)cc3)nc(-c3ccc(C)cc3)n2)cc1. The molecule has 0 aliphatic rings. The van der Waals surface area contributed by atoms with Gasteiger partial charge in [0.2, 0.25) is 0 Å². The third-order valence-electron chi connectivity index (χ3n) is 12.7. The lowest BCUT2D eigenvalue weighted by atomic mass is 10.0. The van der Waals surface area contributed by atoms with Gasteiger partial charge in [0, 0.05) is 67.3 Å². The van der Waals surface area contributed by atoms with Crippen molar-refractivity contribution in [2.75, 3.05) is 9.80 Å². The lowest BCUT2D eigenvalue weighted by Crippen LogP contribution is -2.10. The number of aromatic nitrogens is 3. The smallest absolute Gasteiger partial charge is 0.160 e. The first kappa shape index (κ1) is 41.2. The molecule has 67 heavy (non-hydrogen) atoms. The fourth-order valence-corrected chi connectivity index (χ4v) is 9.07. The van der Waals surface area contributed by atoms with Crippen molar-refractivity contribution in [3.63, 3.8) is 0 Å². The van der Waals surface area contributed by atoms with Crippen molar-refractivity contribution in [1.82, 2.24) is 14.5 Å². The summed E-state index contributed by atoms with van der Waals surface area (Å²) in [4.78, 5) is 15.0. The number of rotatable bonds is 10. The van der Waals surface area contributed by atoms with Crippen LogP contribution in [0, 0.1) is 27.7 Å². The molecule has 2 heterocycles. The van der Waals surface area contributed by atoms with Gasteiger partial charge in [-0.05, 0) is 131 Å². The molecule has 0 saturated heterocycles. The highest BCUT2D eigenvalue weighted by molar-refractivity contribution is 6.12. The van der Waals surface area contributed by atoms with Crippen molar-refractivity contribution < 1.29 is 0 Å². The molecule has 322 valence electrons. The van der Waals surface area contributed by atoms with Crippen molar-refractivity contribution in [1.29, 1.82) is 0 Å². The molecule has 0 bridgehead atoms. The van der Waals surface area contributed by atoms with Crippen LogP contribution >= 0.6 is 0 Å². The monoisotopic (exact) mass is 863 g/mol. The van der Waals surface area contributed by atoms with Crippen LogP contribution in [-0.4, -0.2) is 14.5 Å². The molecule has 0 unspecified atom stereocenters. The number of fused-ring (bicyclic) bond motifs is 3. The molecule has 0 fully saturated rings. The van der Waals surface area contributed by atoms with Gasteiger partial charge in [-0.3, -0.25) is 0 Å². The quantitative estimate of drug-likeness (QED) is 0.137. The number of hydrogen-bond acceptors (Lipinski definition) is 4. The number of benzene rings is 9. The molecule has 0 amide bonds. The highest BCUT2D eigenvalue weighted by Gasteiger charge is 2.21. The Labute approximate surface area is 392 Å². The Morgan fingerprint density at radius 2 is 0.657 bits per heavy atom. The van der Waals surface area contributed by atoms with Crippen molar-refractivity contribution in [3.05, 3.63) is 247 Å².